The van der Waals surface area contributed by atoms with Gasteiger partial charge in [0.2, 0.25) is 0 Å². The molecule has 2 aromatic heterocycles. The van der Waals surface area contributed by atoms with Gasteiger partial charge in [-0.25, -0.2) is 9.98 Å². The number of aromatic amines is 1. The van der Waals surface area contributed by atoms with Crippen LogP contribution in [0.25, 0.3) is 0 Å². The Kier molecular flexibility index (Phi) is 2.29. The minimum Gasteiger partial charge on any atom is -0.343 e. The van der Waals surface area contributed by atoms with Gasteiger partial charge >= 0.3 is 0 Å². The van der Waals surface area contributed by atoms with Crippen LogP contribution in [0.5, 0.6) is 0 Å². The van der Waals surface area contributed by atoms with E-state index in [1.807, 2.05) is 18.2 Å². The largest absolute Gasteiger partial charge is 0.343 e. The summed E-state index contributed by atoms with van der Waals surface area (Å²) in [6.45, 7) is 0. The number of fused-ring (bicyclic) bond motifs is 1. The minimum absolute atomic E-state index is 0.505. The summed E-state index contributed by atoms with van der Waals surface area (Å²) in [6.07, 6.45) is 4.56. The van der Waals surface area contributed by atoms with Crippen LogP contribution in [-0.2, 0) is 12.8 Å². The molecule has 2 N–H and O–H groups in total. The minimum atomic E-state index is 0.505. The molecule has 0 unspecified atom stereocenters. The predicted molar refractivity (Wildman–Crippen MR) is 65.2 cm³/mol. The topological polar surface area (TPSA) is 77.8 Å². The van der Waals surface area contributed by atoms with E-state index < -0.39 is 0 Å². The highest BCUT2D eigenvalue weighted by atomic mass is 15.0. The van der Waals surface area contributed by atoms with Crippen molar-refractivity contribution in [3.05, 3.63) is 41.6 Å². The van der Waals surface area contributed by atoms with E-state index in [9.17, 15) is 0 Å². The summed E-state index contributed by atoms with van der Waals surface area (Å²) in [7, 11) is 0. The average Bonchev–Trinajstić information content (AvgIpc) is 2.71. The first-order valence-corrected chi connectivity index (χ1v) is 5.40. The van der Waals surface area contributed by atoms with E-state index in [0.29, 0.717) is 24.4 Å². The third-order valence-electron chi connectivity index (χ3n) is 2.59. The summed E-state index contributed by atoms with van der Waals surface area (Å²) < 4.78 is 0. The zero-order chi connectivity index (χ0) is 11.7. The van der Waals surface area contributed by atoms with E-state index in [1.54, 1.807) is 12.4 Å². The number of imidazole rings is 1. The Bertz CT molecular complexity index is 582. The number of nitrogens with zero attached hydrogens (tertiary/aromatic N) is 3. The van der Waals surface area contributed by atoms with E-state index in [-0.39, 0.29) is 0 Å². The van der Waals surface area contributed by atoms with Crippen LogP contribution < -0.4 is 0 Å². The molecule has 1 aliphatic rings. The zero-order valence-electron chi connectivity index (χ0n) is 9.14. The summed E-state index contributed by atoms with van der Waals surface area (Å²) >= 11 is 0. The van der Waals surface area contributed by atoms with Crippen molar-refractivity contribution in [1.29, 1.82) is 5.41 Å². The van der Waals surface area contributed by atoms with Crippen molar-refractivity contribution in [2.45, 2.75) is 12.8 Å². The Morgan fingerprint density at radius 2 is 2.29 bits per heavy atom. The van der Waals surface area contributed by atoms with Crippen molar-refractivity contribution >= 4 is 17.7 Å². The second kappa shape index (κ2) is 3.93. The standard InChI is InChI=1S/C12H11N5/c13-8-5-10-12(15-7-8)17-11(16-10)6-9-3-1-2-4-14-9/h1-4,7,13H,5-6H2,(H,16,17). The molecule has 0 amide bonds. The van der Waals surface area contributed by atoms with Gasteiger partial charge in [0.1, 0.15) is 5.82 Å². The molecule has 84 valence electrons. The number of hydrogen-bond donors (Lipinski definition) is 2. The number of H-pyrrole nitrogens is 1. The van der Waals surface area contributed by atoms with Crippen LogP contribution in [0.15, 0.2) is 29.4 Å². The van der Waals surface area contributed by atoms with Gasteiger partial charge in [-0.3, -0.25) is 4.98 Å². The Morgan fingerprint density at radius 1 is 1.35 bits per heavy atom. The molecule has 0 fully saturated rings. The predicted octanol–water partition coefficient (Wildman–Crippen LogP) is 1.67. The molecule has 0 aliphatic carbocycles. The maximum atomic E-state index is 7.54. The van der Waals surface area contributed by atoms with Gasteiger partial charge in [0.25, 0.3) is 0 Å². The highest BCUT2D eigenvalue weighted by Gasteiger charge is 2.14. The Labute approximate surface area is 98.2 Å². The molecule has 0 aromatic carbocycles. The molecular weight excluding hydrogens is 214 g/mol. The fourth-order valence-corrected chi connectivity index (χ4v) is 1.82. The maximum absolute atomic E-state index is 7.54. The summed E-state index contributed by atoms with van der Waals surface area (Å²) in [5.41, 5.74) is 2.40. The first kappa shape index (κ1) is 9.89. The Morgan fingerprint density at radius 3 is 3.12 bits per heavy atom. The highest BCUT2D eigenvalue weighted by molar-refractivity contribution is 6.31. The van der Waals surface area contributed by atoms with Gasteiger partial charge in [0.15, 0.2) is 5.82 Å². The SMILES string of the molecule is N=C1C=Nc2nc(Cc3ccccn3)[nH]c2C1. The number of pyridine rings is 1. The van der Waals surface area contributed by atoms with E-state index in [0.717, 1.165) is 17.2 Å². The van der Waals surface area contributed by atoms with Crippen molar-refractivity contribution in [3.63, 3.8) is 0 Å². The molecule has 0 saturated heterocycles. The summed E-state index contributed by atoms with van der Waals surface area (Å²) in [5.74, 6) is 1.55. The van der Waals surface area contributed by atoms with Crippen LogP contribution in [0.1, 0.15) is 17.2 Å². The van der Waals surface area contributed by atoms with Crippen molar-refractivity contribution in [3.8, 4) is 0 Å². The lowest BCUT2D eigenvalue weighted by Gasteiger charge is -2.01. The fraction of sp³-hybridized carbons (Fsp3) is 0.167. The molecule has 1 aliphatic heterocycles. The maximum Gasteiger partial charge on any atom is 0.173 e. The van der Waals surface area contributed by atoms with Gasteiger partial charge in [-0.2, -0.15) is 0 Å². The molecule has 2 aromatic rings. The van der Waals surface area contributed by atoms with E-state index in [4.69, 9.17) is 5.41 Å². The summed E-state index contributed by atoms with van der Waals surface area (Å²) in [4.78, 5) is 16.0. The van der Waals surface area contributed by atoms with Gasteiger partial charge < -0.3 is 10.4 Å². The smallest absolute Gasteiger partial charge is 0.173 e. The normalized spacial score (nSPS) is 13.8. The van der Waals surface area contributed by atoms with Crippen molar-refractivity contribution < 1.29 is 0 Å². The molecule has 0 spiro atoms. The average molecular weight is 225 g/mol. The third kappa shape index (κ3) is 1.99. The lowest BCUT2D eigenvalue weighted by molar-refractivity contribution is 0.968. The van der Waals surface area contributed by atoms with Crippen LogP contribution in [0.2, 0.25) is 0 Å². The molecule has 3 heterocycles. The van der Waals surface area contributed by atoms with E-state index in [1.165, 1.54) is 0 Å². The Hall–Kier alpha value is -2.30. The highest BCUT2D eigenvalue weighted by Crippen LogP contribution is 2.20. The lowest BCUT2D eigenvalue weighted by Crippen LogP contribution is -2.07. The molecule has 5 heteroatoms. The fourth-order valence-electron chi connectivity index (χ4n) is 1.82. The van der Waals surface area contributed by atoms with Crippen molar-refractivity contribution in [1.82, 2.24) is 15.0 Å². The molecule has 0 atom stereocenters. The third-order valence-corrected chi connectivity index (χ3v) is 2.59. The quantitative estimate of drug-likeness (QED) is 0.815. The molecular formula is C12H11N5. The first-order chi connectivity index (χ1) is 8.31. The molecule has 5 nitrogen and oxygen atoms in total. The van der Waals surface area contributed by atoms with Gasteiger partial charge in [-0.05, 0) is 12.1 Å². The monoisotopic (exact) mass is 225 g/mol. The van der Waals surface area contributed by atoms with Crippen LogP contribution in [0, 0.1) is 5.41 Å². The number of aromatic nitrogens is 3. The number of nitrogens with one attached hydrogen (secondary N) is 2. The van der Waals surface area contributed by atoms with Crippen LogP contribution >= 0.6 is 0 Å². The number of rotatable bonds is 2. The van der Waals surface area contributed by atoms with Gasteiger partial charge in [-0.1, -0.05) is 6.07 Å². The van der Waals surface area contributed by atoms with Gasteiger partial charge in [-0.15, -0.1) is 0 Å². The number of hydrogen-bond acceptors (Lipinski definition) is 4. The molecule has 0 radical (unpaired) electrons. The van der Waals surface area contributed by atoms with Gasteiger partial charge in [0, 0.05) is 24.7 Å². The van der Waals surface area contributed by atoms with Crippen LogP contribution in [0.4, 0.5) is 5.82 Å². The second-order valence-electron chi connectivity index (χ2n) is 3.94. The molecule has 3 rings (SSSR count). The van der Waals surface area contributed by atoms with Crippen LogP contribution in [-0.4, -0.2) is 26.9 Å². The second-order valence-corrected chi connectivity index (χ2v) is 3.94. The molecule has 17 heavy (non-hydrogen) atoms. The number of aliphatic imine (C=N–C) groups is 1. The van der Waals surface area contributed by atoms with Crippen molar-refractivity contribution in [2.75, 3.05) is 0 Å². The molecule has 0 bridgehead atoms. The van der Waals surface area contributed by atoms with E-state index >= 15 is 0 Å². The lowest BCUT2D eigenvalue weighted by atomic mass is 10.2. The first-order valence-electron chi connectivity index (χ1n) is 5.40. The van der Waals surface area contributed by atoms with Crippen molar-refractivity contribution in [2.24, 2.45) is 4.99 Å². The molecule has 0 saturated carbocycles. The van der Waals surface area contributed by atoms with E-state index in [2.05, 4.69) is 19.9 Å². The summed E-state index contributed by atoms with van der Waals surface area (Å²) in [6, 6.07) is 5.81. The zero-order valence-corrected chi connectivity index (χ0v) is 9.14. The van der Waals surface area contributed by atoms with Crippen LogP contribution in [0.3, 0.4) is 0 Å². The summed E-state index contributed by atoms with van der Waals surface area (Å²) in [5, 5.41) is 7.54. The van der Waals surface area contributed by atoms with Gasteiger partial charge in [0.05, 0.1) is 17.6 Å². The Balaban J connectivity index is 1.87.